The van der Waals surface area contributed by atoms with Crippen LogP contribution < -0.4 is 30.2 Å². The highest BCUT2D eigenvalue weighted by molar-refractivity contribution is 8.00. The number of carbonyl (C=O) groups excluding carboxylic acids is 3. The zero-order valence-corrected chi connectivity index (χ0v) is 25.4. The molecule has 0 bridgehead atoms. The molecule has 0 radical (unpaired) electrons. The Bertz CT molecular complexity index is 1650. The van der Waals surface area contributed by atoms with E-state index in [4.69, 9.17) is 14.2 Å². The summed E-state index contributed by atoms with van der Waals surface area (Å²) in [6.45, 7) is 1.78. The lowest BCUT2D eigenvalue weighted by molar-refractivity contribution is -0.115. The molecule has 0 saturated carbocycles. The van der Waals surface area contributed by atoms with Crippen LogP contribution in [0.2, 0.25) is 0 Å². The molecule has 1 aromatic heterocycles. The van der Waals surface area contributed by atoms with Crippen molar-refractivity contribution in [1.29, 1.82) is 0 Å². The molecule has 11 heteroatoms. The molecule has 0 aliphatic heterocycles. The molecule has 3 amide bonds. The molecule has 0 saturated heterocycles. The molecule has 44 heavy (non-hydrogen) atoms. The molecule has 0 aliphatic rings. The number of carbonyl (C=O) groups is 3. The largest absolute Gasteiger partial charge is 0.496 e. The van der Waals surface area contributed by atoms with Crippen LogP contribution >= 0.6 is 11.8 Å². The summed E-state index contributed by atoms with van der Waals surface area (Å²) >= 11 is 1.33. The lowest BCUT2D eigenvalue weighted by atomic mass is 10.1. The number of benzene rings is 3. The zero-order valence-electron chi connectivity index (χ0n) is 24.6. The third-order valence-electron chi connectivity index (χ3n) is 6.25. The van der Waals surface area contributed by atoms with Gasteiger partial charge in [0.05, 0.1) is 26.6 Å². The summed E-state index contributed by atoms with van der Waals surface area (Å²) < 4.78 is 16.3. The number of pyridine rings is 1. The van der Waals surface area contributed by atoms with Gasteiger partial charge in [0, 0.05) is 34.0 Å². The van der Waals surface area contributed by atoms with Gasteiger partial charge in [0.25, 0.3) is 11.8 Å². The van der Waals surface area contributed by atoms with Gasteiger partial charge in [0.2, 0.25) is 5.91 Å². The highest BCUT2D eigenvalue weighted by Gasteiger charge is 2.19. The molecule has 4 aromatic rings. The predicted molar refractivity (Wildman–Crippen MR) is 171 cm³/mol. The molecule has 3 aromatic carbocycles. The monoisotopic (exact) mass is 612 g/mol. The van der Waals surface area contributed by atoms with Gasteiger partial charge in [-0.2, -0.15) is 0 Å². The van der Waals surface area contributed by atoms with Crippen molar-refractivity contribution < 1.29 is 28.6 Å². The van der Waals surface area contributed by atoms with E-state index in [2.05, 4.69) is 20.9 Å². The smallest absolute Gasteiger partial charge is 0.272 e. The van der Waals surface area contributed by atoms with E-state index in [0.717, 1.165) is 4.90 Å². The molecule has 1 unspecified atom stereocenters. The number of hydrogen-bond acceptors (Lipinski definition) is 8. The minimum atomic E-state index is -0.575. The first-order valence-corrected chi connectivity index (χ1v) is 14.4. The number of thioether (sulfide) groups is 1. The summed E-state index contributed by atoms with van der Waals surface area (Å²) in [5, 5.41) is 7.91. The maximum atomic E-state index is 13.6. The lowest BCUT2D eigenvalue weighted by Crippen LogP contribution is -2.30. The molecular formula is C33H32N4O6S. The van der Waals surface area contributed by atoms with Crippen molar-refractivity contribution in [2.24, 2.45) is 0 Å². The Balaban J connectivity index is 1.58. The van der Waals surface area contributed by atoms with Gasteiger partial charge in [-0.05, 0) is 61.5 Å². The second-order valence-corrected chi connectivity index (χ2v) is 10.7. The maximum Gasteiger partial charge on any atom is 0.272 e. The molecule has 1 atom stereocenters. The number of amides is 3. The highest BCUT2D eigenvalue weighted by atomic mass is 32.2. The van der Waals surface area contributed by atoms with Crippen LogP contribution in [-0.4, -0.2) is 49.3 Å². The maximum absolute atomic E-state index is 13.6. The van der Waals surface area contributed by atoms with Gasteiger partial charge < -0.3 is 30.2 Å². The SMILES string of the molecule is COc1cc(OC)c(OC)cc1/C=C(/NC(=O)c1ccccc1)C(=O)Nc1cccc(SC(C)C(=O)Nc2ccccn2)c1. The fourth-order valence-electron chi connectivity index (χ4n) is 4.03. The first-order chi connectivity index (χ1) is 21.3. The van der Waals surface area contributed by atoms with Crippen LogP contribution in [0, 0.1) is 0 Å². The molecule has 3 N–H and O–H groups in total. The van der Waals surface area contributed by atoms with Gasteiger partial charge in [-0.3, -0.25) is 14.4 Å². The molecule has 0 aliphatic carbocycles. The Kier molecular flexibility index (Phi) is 11.0. The normalized spacial score (nSPS) is 11.6. The Labute approximate surface area is 259 Å². The Hall–Kier alpha value is -5.29. The van der Waals surface area contributed by atoms with E-state index in [0.29, 0.717) is 39.9 Å². The van der Waals surface area contributed by atoms with E-state index < -0.39 is 17.1 Å². The summed E-state index contributed by atoms with van der Waals surface area (Å²) in [6.07, 6.45) is 3.10. The number of ether oxygens (including phenoxy) is 3. The average molecular weight is 613 g/mol. The third-order valence-corrected chi connectivity index (χ3v) is 7.35. The van der Waals surface area contributed by atoms with E-state index in [1.54, 1.807) is 92.0 Å². The quantitative estimate of drug-likeness (QED) is 0.139. The van der Waals surface area contributed by atoms with Crippen LogP contribution in [0.5, 0.6) is 17.2 Å². The van der Waals surface area contributed by atoms with Crippen LogP contribution in [-0.2, 0) is 9.59 Å². The first-order valence-electron chi connectivity index (χ1n) is 13.5. The molecule has 0 spiro atoms. The molecule has 226 valence electrons. The molecule has 4 rings (SSSR count). The molecule has 10 nitrogen and oxygen atoms in total. The summed E-state index contributed by atoms with van der Waals surface area (Å²) in [6, 6.07) is 24.2. The van der Waals surface area contributed by atoms with Crippen molar-refractivity contribution in [3.63, 3.8) is 0 Å². The van der Waals surface area contributed by atoms with Crippen molar-refractivity contribution in [1.82, 2.24) is 10.3 Å². The number of nitrogens with zero attached hydrogens (tertiary/aromatic N) is 1. The summed E-state index contributed by atoms with van der Waals surface area (Å²) in [4.78, 5) is 44.3. The van der Waals surface area contributed by atoms with E-state index in [-0.39, 0.29) is 11.6 Å². The van der Waals surface area contributed by atoms with Crippen LogP contribution in [0.25, 0.3) is 6.08 Å². The minimum absolute atomic E-state index is 0.0365. The number of anilines is 2. The number of rotatable bonds is 12. The first kappa shape index (κ1) is 31.6. The van der Waals surface area contributed by atoms with Crippen molar-refractivity contribution in [2.75, 3.05) is 32.0 Å². The number of hydrogen-bond donors (Lipinski definition) is 3. The van der Waals surface area contributed by atoms with Gasteiger partial charge in [0.1, 0.15) is 17.3 Å². The van der Waals surface area contributed by atoms with E-state index in [1.165, 1.54) is 39.2 Å². The second kappa shape index (κ2) is 15.3. The number of nitrogens with one attached hydrogen (secondary N) is 3. The fourth-order valence-corrected chi connectivity index (χ4v) is 4.96. The van der Waals surface area contributed by atoms with Crippen LogP contribution in [0.3, 0.4) is 0 Å². The van der Waals surface area contributed by atoms with Gasteiger partial charge in [0.15, 0.2) is 11.5 Å². The van der Waals surface area contributed by atoms with Gasteiger partial charge >= 0.3 is 0 Å². The summed E-state index contributed by atoms with van der Waals surface area (Å²) in [5.41, 5.74) is 1.28. The third kappa shape index (κ3) is 8.39. The molecule has 0 fully saturated rings. The van der Waals surface area contributed by atoms with Crippen LogP contribution in [0.15, 0.2) is 102 Å². The molecular weight excluding hydrogens is 580 g/mol. The van der Waals surface area contributed by atoms with Crippen LogP contribution in [0.1, 0.15) is 22.8 Å². The zero-order chi connectivity index (χ0) is 31.5. The topological polar surface area (TPSA) is 128 Å². The standard InChI is InChI=1S/C33H32N4O6S/c1-21(31(38)37-30-15-8-9-16-34-30)44-25-14-10-13-24(19-25)35-33(40)26(36-32(39)22-11-6-5-7-12-22)17-23-18-28(42-3)29(43-4)20-27(23)41-2/h5-21H,1-4H3,(H,35,40)(H,36,39)(H,34,37,38)/b26-17+. The average Bonchev–Trinajstić information content (AvgIpc) is 3.05. The van der Waals surface area contributed by atoms with Crippen molar-refractivity contribution >= 4 is 47.1 Å². The highest BCUT2D eigenvalue weighted by Crippen LogP contribution is 2.36. The summed E-state index contributed by atoms with van der Waals surface area (Å²) in [5.74, 6) is 0.475. The Morgan fingerprint density at radius 2 is 1.50 bits per heavy atom. The van der Waals surface area contributed by atoms with Crippen molar-refractivity contribution in [3.05, 3.63) is 108 Å². The van der Waals surface area contributed by atoms with Crippen molar-refractivity contribution in [3.8, 4) is 17.2 Å². The van der Waals surface area contributed by atoms with Crippen LogP contribution in [0.4, 0.5) is 11.5 Å². The number of methoxy groups -OCH3 is 3. The number of aromatic nitrogens is 1. The fraction of sp³-hybridized carbons (Fsp3) is 0.152. The Morgan fingerprint density at radius 3 is 2.18 bits per heavy atom. The minimum Gasteiger partial charge on any atom is -0.496 e. The van der Waals surface area contributed by atoms with Gasteiger partial charge in [-0.15, -0.1) is 11.8 Å². The van der Waals surface area contributed by atoms with Crippen molar-refractivity contribution in [2.45, 2.75) is 17.1 Å². The van der Waals surface area contributed by atoms with E-state index >= 15 is 0 Å². The van der Waals surface area contributed by atoms with E-state index in [9.17, 15) is 14.4 Å². The predicted octanol–water partition coefficient (Wildman–Crippen LogP) is 5.64. The van der Waals surface area contributed by atoms with Gasteiger partial charge in [-0.25, -0.2) is 4.98 Å². The van der Waals surface area contributed by atoms with Gasteiger partial charge in [-0.1, -0.05) is 30.3 Å². The summed E-state index contributed by atoms with van der Waals surface area (Å²) in [7, 11) is 4.49. The molecule has 1 heterocycles. The van der Waals surface area contributed by atoms with E-state index in [1.807, 2.05) is 6.07 Å². The Morgan fingerprint density at radius 1 is 0.795 bits per heavy atom. The second-order valence-electron chi connectivity index (χ2n) is 9.27. The lowest BCUT2D eigenvalue weighted by Gasteiger charge is -2.15.